The summed E-state index contributed by atoms with van der Waals surface area (Å²) in [5, 5.41) is 8.15. The first-order chi connectivity index (χ1) is 12.5. The van der Waals surface area contributed by atoms with E-state index in [4.69, 9.17) is 0 Å². The van der Waals surface area contributed by atoms with Gasteiger partial charge in [-0.2, -0.15) is 0 Å². The molecule has 2 amide bonds. The smallest absolute Gasteiger partial charge is 0.222 e. The number of nitrogens with one attached hydrogen (secondary N) is 2. The van der Waals surface area contributed by atoms with Gasteiger partial charge in [0.25, 0.3) is 0 Å². The van der Waals surface area contributed by atoms with Crippen LogP contribution in [0, 0.1) is 5.92 Å². The number of benzene rings is 1. The highest BCUT2D eigenvalue weighted by molar-refractivity contribution is 7.10. The predicted molar refractivity (Wildman–Crippen MR) is 107 cm³/mol. The molecule has 0 saturated carbocycles. The molecule has 2 rings (SSSR count). The average Bonchev–Trinajstić information content (AvgIpc) is 3.16. The van der Waals surface area contributed by atoms with Crippen molar-refractivity contribution in [3.8, 4) is 0 Å². The minimum atomic E-state index is -0.320. The molecule has 26 heavy (non-hydrogen) atoms. The highest BCUT2D eigenvalue weighted by atomic mass is 32.1. The van der Waals surface area contributed by atoms with Gasteiger partial charge < -0.3 is 10.6 Å². The summed E-state index contributed by atoms with van der Waals surface area (Å²) in [5.74, 6) is 0.216. The van der Waals surface area contributed by atoms with Crippen molar-refractivity contribution in [2.75, 3.05) is 0 Å². The van der Waals surface area contributed by atoms with Crippen molar-refractivity contribution in [1.82, 2.24) is 10.6 Å². The second-order valence-electron chi connectivity index (χ2n) is 6.51. The minimum absolute atomic E-state index is 0.0197. The summed E-state index contributed by atoms with van der Waals surface area (Å²) in [6.07, 6.45) is 2.24. The van der Waals surface area contributed by atoms with Crippen LogP contribution in [0.2, 0.25) is 0 Å². The maximum absolute atomic E-state index is 12.8. The molecule has 0 bridgehead atoms. The summed E-state index contributed by atoms with van der Waals surface area (Å²) in [7, 11) is 0. The molecule has 0 spiro atoms. The second kappa shape index (κ2) is 10.1. The van der Waals surface area contributed by atoms with E-state index in [-0.39, 0.29) is 30.3 Å². The van der Waals surface area contributed by atoms with Crippen LogP contribution in [0.25, 0.3) is 0 Å². The van der Waals surface area contributed by atoms with Crippen LogP contribution in [0.15, 0.2) is 47.8 Å². The van der Waals surface area contributed by atoms with E-state index in [1.54, 1.807) is 11.3 Å². The van der Waals surface area contributed by atoms with Crippen molar-refractivity contribution in [3.63, 3.8) is 0 Å². The van der Waals surface area contributed by atoms with Gasteiger partial charge >= 0.3 is 0 Å². The van der Waals surface area contributed by atoms with Crippen LogP contribution in [0.4, 0.5) is 0 Å². The molecule has 2 unspecified atom stereocenters. The van der Waals surface area contributed by atoms with Crippen molar-refractivity contribution >= 4 is 23.2 Å². The van der Waals surface area contributed by atoms with Gasteiger partial charge in [0, 0.05) is 11.8 Å². The Bertz CT molecular complexity index is 681. The monoisotopic (exact) mass is 372 g/mol. The lowest BCUT2D eigenvalue weighted by molar-refractivity contribution is -0.123. The van der Waals surface area contributed by atoms with Crippen LogP contribution < -0.4 is 10.6 Å². The van der Waals surface area contributed by atoms with Gasteiger partial charge in [0.1, 0.15) is 0 Å². The number of thiophene rings is 1. The molecule has 0 aliphatic heterocycles. The Morgan fingerprint density at radius 1 is 1.00 bits per heavy atom. The summed E-state index contributed by atoms with van der Waals surface area (Å²) in [6, 6.07) is 13.4. The van der Waals surface area contributed by atoms with Crippen LogP contribution in [0.1, 0.15) is 62.6 Å². The Balaban J connectivity index is 2.13. The summed E-state index contributed by atoms with van der Waals surface area (Å²) >= 11 is 1.67. The number of rotatable bonds is 9. The zero-order valence-electron chi connectivity index (χ0n) is 15.7. The fraction of sp³-hybridized carbons (Fsp3) is 0.429. The summed E-state index contributed by atoms with van der Waals surface area (Å²) in [5.41, 5.74) is 0.938. The van der Waals surface area contributed by atoms with E-state index in [2.05, 4.69) is 30.5 Å². The Kier molecular flexibility index (Phi) is 7.85. The van der Waals surface area contributed by atoms with Crippen LogP contribution in [0.3, 0.4) is 0 Å². The fourth-order valence-electron chi connectivity index (χ4n) is 3.25. The third-order valence-corrected chi connectivity index (χ3v) is 5.61. The first-order valence-corrected chi connectivity index (χ1v) is 10.1. The van der Waals surface area contributed by atoms with Crippen molar-refractivity contribution in [2.45, 2.75) is 52.1 Å². The van der Waals surface area contributed by atoms with Crippen LogP contribution in [-0.2, 0) is 9.59 Å². The largest absolute Gasteiger partial charge is 0.349 e. The Labute approximate surface area is 160 Å². The summed E-state index contributed by atoms with van der Waals surface area (Å²) < 4.78 is 0. The molecule has 140 valence electrons. The van der Waals surface area contributed by atoms with Gasteiger partial charge in [0.2, 0.25) is 11.8 Å². The molecule has 2 atom stereocenters. The summed E-state index contributed by atoms with van der Waals surface area (Å²) in [4.78, 5) is 25.6. The van der Waals surface area contributed by atoms with Gasteiger partial charge in [-0.3, -0.25) is 9.59 Å². The number of carbonyl (C=O) groups is 2. The van der Waals surface area contributed by atoms with Crippen LogP contribution >= 0.6 is 11.3 Å². The molecular weight excluding hydrogens is 344 g/mol. The van der Waals surface area contributed by atoms with Crippen LogP contribution in [-0.4, -0.2) is 11.8 Å². The van der Waals surface area contributed by atoms with Gasteiger partial charge in [0.15, 0.2) is 0 Å². The zero-order chi connectivity index (χ0) is 18.9. The standard InChI is InChI=1S/C21H28N2O2S/c1-4-16(5-2)21(19-12-9-13-26-19)23-20(25)14-18(22-15(3)24)17-10-7-6-8-11-17/h6-13,16,18,21H,4-5,14H2,1-3H3,(H,22,24)(H,23,25). The molecule has 0 aliphatic rings. The van der Waals surface area contributed by atoms with E-state index in [1.165, 1.54) is 11.8 Å². The Morgan fingerprint density at radius 3 is 2.23 bits per heavy atom. The van der Waals surface area contributed by atoms with E-state index in [0.29, 0.717) is 5.92 Å². The van der Waals surface area contributed by atoms with Gasteiger partial charge in [-0.15, -0.1) is 11.3 Å². The third-order valence-electron chi connectivity index (χ3n) is 4.66. The summed E-state index contributed by atoms with van der Waals surface area (Å²) in [6.45, 7) is 5.79. The predicted octanol–water partition coefficient (Wildman–Crippen LogP) is 4.61. The first-order valence-electron chi connectivity index (χ1n) is 9.19. The SMILES string of the molecule is CCC(CC)C(NC(=O)CC(NC(C)=O)c1ccccc1)c1cccs1. The van der Waals surface area contributed by atoms with E-state index in [1.807, 2.05) is 41.8 Å². The third kappa shape index (κ3) is 5.70. The van der Waals surface area contributed by atoms with Crippen molar-refractivity contribution in [2.24, 2.45) is 5.92 Å². The van der Waals surface area contributed by atoms with Gasteiger partial charge in [-0.25, -0.2) is 0 Å². The van der Waals surface area contributed by atoms with Gasteiger partial charge in [0.05, 0.1) is 18.5 Å². The molecule has 0 radical (unpaired) electrons. The topological polar surface area (TPSA) is 58.2 Å². The molecule has 2 aromatic rings. The lowest BCUT2D eigenvalue weighted by Gasteiger charge is -2.27. The number of hydrogen-bond donors (Lipinski definition) is 2. The molecule has 1 heterocycles. The molecule has 5 heteroatoms. The number of carbonyl (C=O) groups excluding carboxylic acids is 2. The highest BCUT2D eigenvalue weighted by Crippen LogP contribution is 2.31. The molecule has 0 aliphatic carbocycles. The minimum Gasteiger partial charge on any atom is -0.349 e. The van der Waals surface area contributed by atoms with E-state index < -0.39 is 0 Å². The first kappa shape index (κ1) is 20.2. The number of hydrogen-bond acceptors (Lipinski definition) is 3. The van der Waals surface area contributed by atoms with E-state index in [0.717, 1.165) is 18.4 Å². The van der Waals surface area contributed by atoms with Crippen molar-refractivity contribution < 1.29 is 9.59 Å². The molecule has 0 fully saturated rings. The number of amides is 2. The van der Waals surface area contributed by atoms with Crippen molar-refractivity contribution in [1.29, 1.82) is 0 Å². The quantitative estimate of drug-likeness (QED) is 0.675. The molecule has 2 N–H and O–H groups in total. The van der Waals surface area contributed by atoms with Gasteiger partial charge in [-0.1, -0.05) is 63.1 Å². The lowest BCUT2D eigenvalue weighted by Crippen LogP contribution is -2.36. The van der Waals surface area contributed by atoms with Crippen molar-refractivity contribution in [3.05, 3.63) is 58.3 Å². The maximum atomic E-state index is 12.8. The normalized spacial score (nSPS) is 13.2. The fourth-order valence-corrected chi connectivity index (χ4v) is 4.12. The maximum Gasteiger partial charge on any atom is 0.222 e. The van der Waals surface area contributed by atoms with Gasteiger partial charge in [-0.05, 0) is 22.9 Å². The molecule has 1 aromatic carbocycles. The Hall–Kier alpha value is -2.14. The van der Waals surface area contributed by atoms with Crippen LogP contribution in [0.5, 0.6) is 0 Å². The molecule has 1 aromatic heterocycles. The molecule has 4 nitrogen and oxygen atoms in total. The Morgan fingerprint density at radius 2 is 1.69 bits per heavy atom. The highest BCUT2D eigenvalue weighted by Gasteiger charge is 2.25. The average molecular weight is 373 g/mol. The van der Waals surface area contributed by atoms with E-state index >= 15 is 0 Å². The molecular formula is C21H28N2O2S. The molecule has 0 saturated heterocycles. The zero-order valence-corrected chi connectivity index (χ0v) is 16.5. The second-order valence-corrected chi connectivity index (χ2v) is 7.48. The van der Waals surface area contributed by atoms with E-state index in [9.17, 15) is 9.59 Å². The lowest BCUT2D eigenvalue weighted by atomic mass is 9.92.